The van der Waals surface area contributed by atoms with Gasteiger partial charge in [-0.1, -0.05) is 169 Å². The van der Waals surface area contributed by atoms with Gasteiger partial charge in [0.25, 0.3) is 11.8 Å². The van der Waals surface area contributed by atoms with Gasteiger partial charge < -0.3 is 29.0 Å². The van der Waals surface area contributed by atoms with Crippen LogP contribution < -0.4 is 21.0 Å². The number of nitrogens with one attached hydrogen (secondary N) is 4. The number of imidazole rings is 2. The first kappa shape index (κ1) is 69.8. The number of rotatable bonds is 25. The van der Waals surface area contributed by atoms with E-state index in [2.05, 4.69) is 159 Å². The number of aromatic nitrogens is 8. The van der Waals surface area contributed by atoms with Crippen molar-refractivity contribution in [2.24, 2.45) is 5.92 Å². The number of carbonyl (C=O) groups is 2. The molecule has 0 saturated carbocycles. The number of hydrogen-bond acceptors (Lipinski definition) is 18. The summed E-state index contributed by atoms with van der Waals surface area (Å²) in [6, 6.07) is 50.2. The summed E-state index contributed by atoms with van der Waals surface area (Å²) in [5.41, 5.74) is 3.47. The number of nitrogens with zero attached hydrogens (tertiary/aromatic N) is 10. The molecule has 0 bridgehead atoms. The van der Waals surface area contributed by atoms with E-state index in [1.807, 2.05) is 66.7 Å². The number of hydrogen-bond donors (Lipinski definition) is 4. The first-order valence-electron chi connectivity index (χ1n) is 32.3. The van der Waals surface area contributed by atoms with E-state index in [1.165, 1.54) is 19.0 Å². The van der Waals surface area contributed by atoms with Crippen LogP contribution in [0, 0.1) is 35.5 Å². The zero-order valence-corrected chi connectivity index (χ0v) is 59.0. The number of anilines is 2. The minimum Gasteiger partial charge on any atom is -0.408 e. The molecule has 2 aliphatic rings. The van der Waals surface area contributed by atoms with Crippen molar-refractivity contribution in [3.63, 3.8) is 0 Å². The molecule has 10 atom stereocenters. The lowest BCUT2D eigenvalue weighted by atomic mass is 9.76. The van der Waals surface area contributed by atoms with Crippen LogP contribution >= 0.6 is 7.75 Å². The summed E-state index contributed by atoms with van der Waals surface area (Å²) in [7, 11) is -10.5. The molecule has 4 N–H and O–H groups in total. The van der Waals surface area contributed by atoms with Crippen molar-refractivity contribution < 1.29 is 41.5 Å². The summed E-state index contributed by atoms with van der Waals surface area (Å²) in [6.07, 6.45) is -0.491. The van der Waals surface area contributed by atoms with Gasteiger partial charge in [0.15, 0.2) is 63.1 Å². The zero-order chi connectivity index (χ0) is 68.9. The van der Waals surface area contributed by atoms with Gasteiger partial charge in [0.1, 0.15) is 31.0 Å². The van der Waals surface area contributed by atoms with E-state index in [4.69, 9.17) is 42.3 Å². The molecule has 6 heterocycles. The number of carbonyl (C=O) groups excluding carboxylic acids is 2. The van der Waals surface area contributed by atoms with Crippen molar-refractivity contribution >= 4 is 70.2 Å². The van der Waals surface area contributed by atoms with Gasteiger partial charge in [-0.15, -0.1) is 0 Å². The van der Waals surface area contributed by atoms with Crippen molar-refractivity contribution in [3.05, 3.63) is 212 Å². The summed E-state index contributed by atoms with van der Waals surface area (Å²) in [4.78, 5) is 55.3. The van der Waals surface area contributed by atoms with E-state index < -0.39 is 103 Å². The monoisotopic (exact) mass is 1360 g/mol. The molecule has 2 amide bonds. The summed E-state index contributed by atoms with van der Waals surface area (Å²) in [6.45, 7) is 24.6. The molecule has 1 radical (unpaired) electrons. The fraction of sp³-hybridized carbons (Fsp3) is 0.366. The van der Waals surface area contributed by atoms with E-state index in [0.29, 0.717) is 16.8 Å². The first-order valence-corrected chi connectivity index (χ1v) is 39.7. The van der Waals surface area contributed by atoms with Crippen molar-refractivity contribution in [2.75, 3.05) is 23.8 Å². The van der Waals surface area contributed by atoms with Crippen LogP contribution in [0.4, 0.5) is 11.6 Å². The van der Waals surface area contributed by atoms with Crippen LogP contribution in [0.5, 0.6) is 0 Å². The van der Waals surface area contributed by atoms with Crippen LogP contribution in [0.25, 0.3) is 22.3 Å². The normalized spacial score (nSPS) is 21.0. The lowest BCUT2D eigenvalue weighted by Crippen LogP contribution is -2.59. The second-order valence-corrected chi connectivity index (χ2v) is 38.6. The first-order chi connectivity index (χ1) is 46.3. The molecular weight excluding hydrogens is 1280 g/mol. The summed E-state index contributed by atoms with van der Waals surface area (Å²) >= 11 is 0. The Morgan fingerprint density at radius 2 is 1.01 bits per heavy atom. The number of nitriles is 2. The fourth-order valence-corrected chi connectivity index (χ4v) is 15.9. The summed E-state index contributed by atoms with van der Waals surface area (Å²) < 4.78 is 63.2. The highest BCUT2D eigenvalue weighted by Crippen LogP contribution is 2.52. The Hall–Kier alpha value is -8.54. The highest BCUT2D eigenvalue weighted by atomic mass is 31.2. The predicted octanol–water partition coefficient (Wildman–Crippen LogP) is 13.1. The van der Waals surface area contributed by atoms with Crippen LogP contribution in [0.2, 0.25) is 36.3 Å². The average molecular weight is 1360 g/mol. The number of fused-ring (bicyclic) bond motifs is 2. The van der Waals surface area contributed by atoms with Gasteiger partial charge in [-0.3, -0.25) is 33.1 Å². The molecule has 5 aromatic carbocycles. The van der Waals surface area contributed by atoms with Gasteiger partial charge in [0, 0.05) is 17.0 Å². The zero-order valence-electron chi connectivity index (χ0n) is 56.1. The van der Waals surface area contributed by atoms with E-state index >= 15 is 4.57 Å². The van der Waals surface area contributed by atoms with E-state index in [9.17, 15) is 20.1 Å². The number of amides is 2. The molecule has 0 spiro atoms. The lowest BCUT2D eigenvalue weighted by Gasteiger charge is -2.44. The topological polar surface area (TPSA) is 289 Å². The highest BCUT2D eigenvalue weighted by Gasteiger charge is 2.57. The van der Waals surface area contributed by atoms with Gasteiger partial charge in [0.2, 0.25) is 0 Å². The minimum absolute atomic E-state index is 0.0205. The van der Waals surface area contributed by atoms with E-state index in [1.54, 1.807) is 64.0 Å². The largest absolute Gasteiger partial charge is 0.408 e. The summed E-state index contributed by atoms with van der Waals surface area (Å²) in [5.74, 6) is -1.32. The molecule has 97 heavy (non-hydrogen) atoms. The molecule has 4 aromatic heterocycles. The van der Waals surface area contributed by atoms with Crippen molar-refractivity contribution in [1.29, 1.82) is 10.5 Å². The van der Waals surface area contributed by atoms with Crippen molar-refractivity contribution in [1.82, 2.24) is 49.4 Å². The molecule has 2 fully saturated rings. The molecular formula is C71H82N14O9PSi2. The van der Waals surface area contributed by atoms with Crippen LogP contribution in [0.1, 0.15) is 104 Å². The van der Waals surface area contributed by atoms with Crippen molar-refractivity contribution in [3.8, 4) is 12.1 Å². The quantitative estimate of drug-likeness (QED) is 0.0179. The molecule has 2 aliphatic heterocycles. The van der Waals surface area contributed by atoms with Gasteiger partial charge in [-0.2, -0.15) is 10.5 Å². The fourth-order valence-electron chi connectivity index (χ4n) is 11.8. The Bertz CT molecular complexity index is 4240. The van der Waals surface area contributed by atoms with Crippen LogP contribution in [-0.4, -0.2) is 117 Å². The Balaban J connectivity index is 1.05. The maximum Gasteiger partial charge on any atom is 0.406 e. The van der Waals surface area contributed by atoms with Gasteiger partial charge >= 0.3 is 7.75 Å². The molecule has 2 unspecified atom stereocenters. The SMILES string of the molecule is [CH2]C(C#N)C[C@@H]1O[C@@H](n2cnc3c(NC(=O)c4ccccc4)ncnc32)[C@H](O[Si](C)(C)C(C)(C)C)[C@@H]1NP(=O)(OCCC#N)OC[C@H]1O[C@@H](n2cnc3c(NC(=O)c4ccccc4)ncnc32)[C@H](O[Si](C)(C)C(C)(C)C)[C@@H]1NC(c1ccccc1)(c1ccccc1)c1ccccc1. The van der Waals surface area contributed by atoms with E-state index in [-0.39, 0.29) is 57.8 Å². The molecule has 23 nitrogen and oxygen atoms in total. The van der Waals surface area contributed by atoms with Gasteiger partial charge in [-0.05, 0) is 90.6 Å². The molecule has 11 rings (SSSR count). The second kappa shape index (κ2) is 28.9. The summed E-state index contributed by atoms with van der Waals surface area (Å²) in [5, 5.41) is 33.1. The predicted molar refractivity (Wildman–Crippen MR) is 373 cm³/mol. The smallest absolute Gasteiger partial charge is 0.406 e. The molecule has 26 heteroatoms. The second-order valence-electron chi connectivity index (χ2n) is 27.3. The Morgan fingerprint density at radius 1 is 0.598 bits per heavy atom. The average Bonchev–Trinajstić information content (AvgIpc) is 1.59. The lowest BCUT2D eigenvalue weighted by molar-refractivity contribution is -0.0453. The molecule has 0 aliphatic carbocycles. The Morgan fingerprint density at radius 3 is 1.42 bits per heavy atom. The third-order valence-corrected chi connectivity index (χ3v) is 29.4. The van der Waals surface area contributed by atoms with Crippen LogP contribution in [0.3, 0.4) is 0 Å². The van der Waals surface area contributed by atoms with Gasteiger partial charge in [-0.25, -0.2) is 39.6 Å². The standard InChI is InChI=1S/C71H82N14O9PSi2/c1-47(41-73)40-53-56(60(94-97(10,11)70(5,6)7)68(91-53)85-46-79-58-62(75-44-77-64(58)85)81-66(87)49-30-19-13-20-31-49)83-95(88,89-39-27-38-72)90-42-54-55(82-71(50-32-21-14-22-33-50,51-34-23-15-24-35-51)52-36-25-16-26-37-52)59(93-96(8,9)69(2,3)4)67(92-54)84-45-78-57-61(74-43-76-63(57)84)80-65(86)48-28-17-12-18-29-48/h12-26,28-37,43-47,53-56,59-60,67-68,82H,1,27,39-40,42H2,2-11H3,(H,83,88)(H,74,76,80,86)(H,75,77,81,87)/t47?,53-,54+,55+,56+,59+,60+,67+,68+,95?/m0/s1. The minimum atomic E-state index is -4.76. The van der Waals surface area contributed by atoms with E-state index in [0.717, 1.165) is 16.7 Å². The maximum absolute atomic E-state index is 16.6. The van der Waals surface area contributed by atoms with Crippen molar-refractivity contribution in [2.45, 2.75) is 145 Å². The third-order valence-electron chi connectivity index (χ3n) is 18.9. The molecule has 2 saturated heterocycles. The number of benzene rings is 5. The highest BCUT2D eigenvalue weighted by molar-refractivity contribution is 7.51. The number of ether oxygens (including phenoxy) is 2. The third kappa shape index (κ3) is 14.8. The Kier molecular flexibility index (Phi) is 20.8. The molecule has 503 valence electrons. The molecule has 9 aromatic rings. The maximum atomic E-state index is 16.6. The van der Waals surface area contributed by atoms with Crippen LogP contribution in [-0.2, 0) is 37.5 Å². The van der Waals surface area contributed by atoms with Gasteiger partial charge in [0.05, 0.1) is 68.2 Å². The van der Waals surface area contributed by atoms with Crippen LogP contribution in [0.15, 0.2) is 177 Å². The Labute approximate surface area is 567 Å².